The molecule has 26 heavy (non-hydrogen) atoms. The predicted molar refractivity (Wildman–Crippen MR) is 102 cm³/mol. The minimum Gasteiger partial charge on any atom is -0.367 e. The Labute approximate surface area is 154 Å². The molecule has 2 amide bonds. The van der Waals surface area contributed by atoms with E-state index in [2.05, 4.69) is 21.9 Å². The third kappa shape index (κ3) is 5.70. The van der Waals surface area contributed by atoms with E-state index in [1.165, 1.54) is 0 Å². The number of rotatable bonds is 7. The minimum atomic E-state index is -3.34. The van der Waals surface area contributed by atoms with Crippen LogP contribution in [0.5, 0.6) is 0 Å². The number of nitrogens with zero attached hydrogens (tertiary/aromatic N) is 1. The van der Waals surface area contributed by atoms with Crippen LogP contribution in [0.3, 0.4) is 0 Å². The van der Waals surface area contributed by atoms with E-state index in [0.29, 0.717) is 17.3 Å². The highest BCUT2D eigenvalue weighted by molar-refractivity contribution is 7.88. The molecule has 8 nitrogen and oxygen atoms in total. The maximum Gasteiger partial charge on any atom is 0.248 e. The predicted octanol–water partition coefficient (Wildman–Crippen LogP) is 1.04. The van der Waals surface area contributed by atoms with Gasteiger partial charge in [-0.15, -0.1) is 0 Å². The molecule has 1 unspecified atom stereocenters. The lowest BCUT2D eigenvalue weighted by Gasteiger charge is -2.36. The fourth-order valence-corrected chi connectivity index (χ4v) is 3.53. The van der Waals surface area contributed by atoms with Gasteiger partial charge in [-0.2, -0.15) is 0 Å². The summed E-state index contributed by atoms with van der Waals surface area (Å²) >= 11 is 0. The molecule has 0 spiro atoms. The topological polar surface area (TPSA) is 122 Å². The zero-order valence-electron chi connectivity index (χ0n) is 15.1. The molecule has 0 aromatic heterocycles. The van der Waals surface area contributed by atoms with Crippen LogP contribution in [0.1, 0.15) is 43.0 Å². The highest BCUT2D eigenvalue weighted by Crippen LogP contribution is 2.32. The van der Waals surface area contributed by atoms with Crippen LogP contribution in [0.4, 0.5) is 11.4 Å². The van der Waals surface area contributed by atoms with Crippen molar-refractivity contribution in [1.82, 2.24) is 4.72 Å². The number of anilines is 2. The van der Waals surface area contributed by atoms with Gasteiger partial charge in [0.25, 0.3) is 0 Å². The van der Waals surface area contributed by atoms with Gasteiger partial charge >= 0.3 is 0 Å². The molecule has 1 aliphatic heterocycles. The molecular weight excluding hydrogens is 356 g/mol. The van der Waals surface area contributed by atoms with Crippen molar-refractivity contribution in [2.75, 3.05) is 29.6 Å². The summed E-state index contributed by atoms with van der Waals surface area (Å²) in [6.07, 6.45) is 4.31. The maximum absolute atomic E-state index is 12.2. The van der Waals surface area contributed by atoms with E-state index in [0.717, 1.165) is 37.8 Å². The average molecular weight is 382 g/mol. The second-order valence-electron chi connectivity index (χ2n) is 6.60. The lowest BCUT2D eigenvalue weighted by Crippen LogP contribution is -2.38. The normalized spacial score (nSPS) is 17.8. The first-order valence-electron chi connectivity index (χ1n) is 8.62. The van der Waals surface area contributed by atoms with Crippen LogP contribution in [0.15, 0.2) is 18.2 Å². The lowest BCUT2D eigenvalue weighted by atomic mass is 10.0. The van der Waals surface area contributed by atoms with Crippen LogP contribution < -0.4 is 20.7 Å². The van der Waals surface area contributed by atoms with Gasteiger partial charge in [0.05, 0.1) is 17.6 Å². The molecule has 144 valence electrons. The number of nitrogens with one attached hydrogen (secondary N) is 2. The first kappa shape index (κ1) is 20.2. The molecule has 4 N–H and O–H groups in total. The SMILES string of the molecule is CC1CCCCN1c1ccc(C(N)=O)cc1NC(=O)CCNS(C)(=O)=O. The second-order valence-corrected chi connectivity index (χ2v) is 8.43. The van der Waals surface area contributed by atoms with Gasteiger partial charge < -0.3 is 16.0 Å². The Hall–Kier alpha value is -2.13. The molecule has 2 rings (SSSR count). The van der Waals surface area contributed by atoms with Gasteiger partial charge in [-0.05, 0) is 44.4 Å². The Kier molecular flexibility index (Phi) is 6.60. The van der Waals surface area contributed by atoms with Gasteiger partial charge in [-0.25, -0.2) is 13.1 Å². The van der Waals surface area contributed by atoms with E-state index in [9.17, 15) is 18.0 Å². The Morgan fingerprint density at radius 1 is 1.31 bits per heavy atom. The molecule has 1 atom stereocenters. The van der Waals surface area contributed by atoms with Crippen molar-refractivity contribution < 1.29 is 18.0 Å². The quantitative estimate of drug-likeness (QED) is 0.650. The molecule has 0 aliphatic carbocycles. The molecule has 1 aromatic carbocycles. The molecule has 1 heterocycles. The van der Waals surface area contributed by atoms with Gasteiger partial charge in [0.2, 0.25) is 21.8 Å². The summed E-state index contributed by atoms with van der Waals surface area (Å²) in [5.74, 6) is -0.911. The van der Waals surface area contributed by atoms with E-state index < -0.39 is 15.9 Å². The zero-order valence-corrected chi connectivity index (χ0v) is 15.9. The average Bonchev–Trinajstić information content (AvgIpc) is 2.54. The van der Waals surface area contributed by atoms with E-state index in [4.69, 9.17) is 5.73 Å². The van der Waals surface area contributed by atoms with Gasteiger partial charge in [0.1, 0.15) is 0 Å². The van der Waals surface area contributed by atoms with Crippen molar-refractivity contribution in [3.05, 3.63) is 23.8 Å². The molecule has 0 saturated carbocycles. The number of hydrogen-bond donors (Lipinski definition) is 3. The van der Waals surface area contributed by atoms with Crippen LogP contribution in [0.2, 0.25) is 0 Å². The summed E-state index contributed by atoms with van der Waals surface area (Å²) < 4.78 is 24.5. The summed E-state index contributed by atoms with van der Waals surface area (Å²) in [4.78, 5) is 25.9. The molecule has 0 bridgehead atoms. The van der Waals surface area contributed by atoms with Crippen LogP contribution in [-0.2, 0) is 14.8 Å². The van der Waals surface area contributed by atoms with Crippen molar-refractivity contribution >= 4 is 33.2 Å². The number of sulfonamides is 1. The third-order valence-electron chi connectivity index (χ3n) is 4.38. The van der Waals surface area contributed by atoms with Gasteiger partial charge in [-0.3, -0.25) is 9.59 Å². The van der Waals surface area contributed by atoms with Crippen molar-refractivity contribution in [2.45, 2.75) is 38.6 Å². The van der Waals surface area contributed by atoms with Crippen molar-refractivity contribution in [3.8, 4) is 0 Å². The Morgan fingerprint density at radius 3 is 2.65 bits per heavy atom. The van der Waals surface area contributed by atoms with Crippen molar-refractivity contribution in [1.29, 1.82) is 0 Å². The van der Waals surface area contributed by atoms with Crippen LogP contribution >= 0.6 is 0 Å². The molecule has 9 heteroatoms. The molecule has 1 aliphatic rings. The van der Waals surface area contributed by atoms with E-state index in [-0.39, 0.29) is 18.9 Å². The van der Waals surface area contributed by atoms with E-state index >= 15 is 0 Å². The van der Waals surface area contributed by atoms with Crippen LogP contribution in [0.25, 0.3) is 0 Å². The summed E-state index contributed by atoms with van der Waals surface area (Å²) in [6.45, 7) is 3.01. The number of primary amides is 1. The highest BCUT2D eigenvalue weighted by atomic mass is 32.2. The smallest absolute Gasteiger partial charge is 0.248 e. The fourth-order valence-electron chi connectivity index (χ4n) is 3.06. The van der Waals surface area contributed by atoms with Gasteiger partial charge in [0.15, 0.2) is 0 Å². The number of nitrogens with two attached hydrogens (primary N) is 1. The second kappa shape index (κ2) is 8.50. The Morgan fingerprint density at radius 2 is 2.04 bits per heavy atom. The van der Waals surface area contributed by atoms with Crippen LogP contribution in [-0.4, -0.2) is 45.6 Å². The fraction of sp³-hybridized carbons (Fsp3) is 0.529. The largest absolute Gasteiger partial charge is 0.367 e. The van der Waals surface area contributed by atoms with E-state index in [1.807, 2.05) is 0 Å². The number of amides is 2. The van der Waals surface area contributed by atoms with Gasteiger partial charge in [0, 0.05) is 31.1 Å². The summed E-state index contributed by atoms with van der Waals surface area (Å²) in [5.41, 5.74) is 7.02. The van der Waals surface area contributed by atoms with Crippen molar-refractivity contribution in [3.63, 3.8) is 0 Å². The highest BCUT2D eigenvalue weighted by Gasteiger charge is 2.22. The standard InChI is InChI=1S/C17H26N4O4S/c1-12-5-3-4-10-21(12)15-7-6-13(17(18)23)11-14(15)20-16(22)8-9-19-26(2,24)25/h6-7,11-12,19H,3-5,8-10H2,1-2H3,(H2,18,23)(H,20,22). The monoisotopic (exact) mass is 382 g/mol. The number of hydrogen-bond acceptors (Lipinski definition) is 5. The number of benzene rings is 1. The third-order valence-corrected chi connectivity index (χ3v) is 5.11. The number of carbonyl (C=O) groups excluding carboxylic acids is 2. The summed E-state index contributed by atoms with van der Waals surface area (Å²) in [5, 5.41) is 2.79. The molecule has 1 aromatic rings. The zero-order chi connectivity index (χ0) is 19.3. The van der Waals surface area contributed by atoms with Gasteiger partial charge in [-0.1, -0.05) is 0 Å². The van der Waals surface area contributed by atoms with E-state index in [1.54, 1.807) is 18.2 Å². The molecular formula is C17H26N4O4S. The minimum absolute atomic E-state index is 0.00955. The maximum atomic E-state index is 12.2. The molecule has 0 radical (unpaired) electrons. The first-order chi connectivity index (χ1) is 12.2. The van der Waals surface area contributed by atoms with Crippen LogP contribution in [0, 0.1) is 0 Å². The molecule has 1 saturated heterocycles. The Balaban J connectivity index is 2.19. The summed E-state index contributed by atoms with van der Waals surface area (Å²) in [7, 11) is -3.34. The van der Waals surface area contributed by atoms with Crippen molar-refractivity contribution in [2.24, 2.45) is 5.73 Å². The summed E-state index contributed by atoms with van der Waals surface area (Å²) in [6, 6.07) is 5.35. The molecule has 1 fully saturated rings. The number of piperidine rings is 1. The number of carbonyl (C=O) groups is 2. The lowest BCUT2D eigenvalue weighted by molar-refractivity contribution is -0.116. The Bertz CT molecular complexity index is 779. The first-order valence-corrected chi connectivity index (χ1v) is 10.5.